The number of nitriles is 1. The maximum absolute atomic E-state index is 12.8. The number of anilines is 2. The van der Waals surface area contributed by atoms with Gasteiger partial charge in [-0.25, -0.2) is 4.98 Å². The molecule has 2 aliphatic heterocycles. The Morgan fingerprint density at radius 2 is 2.14 bits per heavy atom. The van der Waals surface area contributed by atoms with Crippen molar-refractivity contribution in [2.75, 3.05) is 10.6 Å². The highest BCUT2D eigenvalue weighted by atomic mass is 16.4. The molecule has 2 aliphatic rings. The summed E-state index contributed by atoms with van der Waals surface area (Å²) in [5.74, 6) is 0.421. The summed E-state index contributed by atoms with van der Waals surface area (Å²) < 4.78 is 5.49. The van der Waals surface area contributed by atoms with E-state index in [1.807, 2.05) is 6.07 Å². The van der Waals surface area contributed by atoms with E-state index >= 15 is 0 Å². The quantitative estimate of drug-likeness (QED) is 0.674. The van der Waals surface area contributed by atoms with Crippen LogP contribution in [0, 0.1) is 18.3 Å². The zero-order valence-electron chi connectivity index (χ0n) is 11.6. The Hall–Kier alpha value is -3.27. The summed E-state index contributed by atoms with van der Waals surface area (Å²) in [7, 11) is 0. The van der Waals surface area contributed by atoms with E-state index in [-0.39, 0.29) is 17.3 Å². The van der Waals surface area contributed by atoms with Gasteiger partial charge in [-0.15, -0.1) is 0 Å². The number of carbonyl (C=O) groups is 1. The maximum atomic E-state index is 12.8. The number of benzene rings is 1. The molecule has 1 amide bonds. The maximum Gasteiger partial charge on any atom is 0.246 e. The summed E-state index contributed by atoms with van der Waals surface area (Å²) in [6.45, 7) is 1.68. The van der Waals surface area contributed by atoms with Gasteiger partial charge >= 0.3 is 0 Å². The summed E-state index contributed by atoms with van der Waals surface area (Å²) in [4.78, 5) is 17.2. The highest BCUT2D eigenvalue weighted by Crippen LogP contribution is 2.51. The second-order valence-electron chi connectivity index (χ2n) is 5.19. The molecule has 1 aromatic carbocycles. The minimum absolute atomic E-state index is 0.0954. The molecular formula is C15H11N5O2. The lowest BCUT2D eigenvalue weighted by atomic mass is 9.71. The molecule has 2 aromatic rings. The minimum atomic E-state index is -1.37. The first kappa shape index (κ1) is 12.5. The average Bonchev–Trinajstić information content (AvgIpc) is 2.99. The van der Waals surface area contributed by atoms with Crippen LogP contribution in [0.3, 0.4) is 0 Å². The molecule has 1 spiro atoms. The monoisotopic (exact) mass is 293 g/mol. The first-order valence-electron chi connectivity index (χ1n) is 6.65. The fourth-order valence-corrected chi connectivity index (χ4v) is 3.16. The van der Waals surface area contributed by atoms with Gasteiger partial charge in [0, 0.05) is 18.2 Å². The highest BCUT2D eigenvalue weighted by Gasteiger charge is 2.57. The van der Waals surface area contributed by atoms with Gasteiger partial charge in [-0.1, -0.05) is 18.2 Å². The molecular weight excluding hydrogens is 282 g/mol. The van der Waals surface area contributed by atoms with Gasteiger partial charge in [0.25, 0.3) is 0 Å². The molecule has 108 valence electrons. The van der Waals surface area contributed by atoms with E-state index in [2.05, 4.69) is 21.7 Å². The van der Waals surface area contributed by atoms with E-state index in [0.29, 0.717) is 28.7 Å². The number of carbonyl (C=O) groups excluding carboxylic acids is 1. The molecule has 0 bridgehead atoms. The molecule has 3 heterocycles. The summed E-state index contributed by atoms with van der Waals surface area (Å²) in [6.07, 6.45) is 0. The van der Waals surface area contributed by atoms with Crippen LogP contribution in [0.25, 0.3) is 0 Å². The molecule has 22 heavy (non-hydrogen) atoms. The number of amides is 1. The third kappa shape index (κ3) is 1.24. The standard InChI is InChI=1S/C15H11N5O2/c1-7-18-11-13(22-7)20-12(17)9(6-16)15(11)8-4-2-3-5-10(8)19-14(15)21/h2-5,20H,17H2,1H3,(H,19,21)/t15-/m1/s1. The van der Waals surface area contributed by atoms with E-state index in [1.54, 1.807) is 25.1 Å². The Labute approximate surface area is 125 Å². The predicted molar refractivity (Wildman–Crippen MR) is 77.5 cm³/mol. The second-order valence-corrected chi connectivity index (χ2v) is 5.19. The fraction of sp³-hybridized carbons (Fsp3) is 0.133. The molecule has 1 aromatic heterocycles. The van der Waals surface area contributed by atoms with Gasteiger partial charge in [-0.05, 0) is 6.07 Å². The smallest absolute Gasteiger partial charge is 0.246 e. The predicted octanol–water partition coefficient (Wildman–Crippen LogP) is 1.34. The van der Waals surface area contributed by atoms with Gasteiger partial charge in [0.05, 0.1) is 5.57 Å². The van der Waals surface area contributed by atoms with Crippen molar-refractivity contribution in [3.05, 3.63) is 52.8 Å². The van der Waals surface area contributed by atoms with Crippen LogP contribution in [0.2, 0.25) is 0 Å². The Balaban J connectivity index is 2.16. The third-order valence-corrected chi connectivity index (χ3v) is 4.01. The van der Waals surface area contributed by atoms with Gasteiger partial charge in [-0.3, -0.25) is 4.79 Å². The van der Waals surface area contributed by atoms with E-state index in [1.165, 1.54) is 0 Å². The normalized spacial score (nSPS) is 21.9. The average molecular weight is 293 g/mol. The van der Waals surface area contributed by atoms with Crippen molar-refractivity contribution in [2.45, 2.75) is 12.3 Å². The number of oxazole rings is 1. The molecule has 0 saturated heterocycles. The number of aromatic nitrogens is 1. The molecule has 0 fully saturated rings. The van der Waals surface area contributed by atoms with E-state index in [4.69, 9.17) is 10.2 Å². The number of nitrogens with zero attached hydrogens (tertiary/aromatic N) is 2. The number of fused-ring (bicyclic) bond motifs is 4. The van der Waals surface area contributed by atoms with E-state index < -0.39 is 5.41 Å². The molecule has 0 aliphatic carbocycles. The first-order chi connectivity index (χ1) is 10.6. The zero-order valence-corrected chi connectivity index (χ0v) is 11.6. The van der Waals surface area contributed by atoms with Crippen molar-refractivity contribution in [3.8, 4) is 6.07 Å². The first-order valence-corrected chi connectivity index (χ1v) is 6.65. The van der Waals surface area contributed by atoms with Gasteiger partial charge in [-0.2, -0.15) is 5.26 Å². The highest BCUT2D eigenvalue weighted by molar-refractivity contribution is 6.12. The van der Waals surface area contributed by atoms with Crippen molar-refractivity contribution in [3.63, 3.8) is 0 Å². The summed E-state index contributed by atoms with van der Waals surface area (Å²) >= 11 is 0. The van der Waals surface area contributed by atoms with Crippen LogP contribution < -0.4 is 16.4 Å². The zero-order chi connectivity index (χ0) is 15.5. The number of para-hydroxylation sites is 1. The molecule has 0 saturated carbocycles. The Kier molecular flexibility index (Phi) is 2.20. The number of hydrogen-bond acceptors (Lipinski definition) is 6. The van der Waals surface area contributed by atoms with E-state index in [9.17, 15) is 10.1 Å². The van der Waals surface area contributed by atoms with Gasteiger partial charge in [0.15, 0.2) is 11.3 Å². The van der Waals surface area contributed by atoms with Crippen LogP contribution in [-0.2, 0) is 10.2 Å². The van der Waals surface area contributed by atoms with Crippen LogP contribution >= 0.6 is 0 Å². The molecule has 4 rings (SSSR count). The fourth-order valence-electron chi connectivity index (χ4n) is 3.16. The lowest BCUT2D eigenvalue weighted by Gasteiger charge is -2.30. The molecule has 7 nitrogen and oxygen atoms in total. The van der Waals surface area contributed by atoms with Crippen LogP contribution in [0.5, 0.6) is 0 Å². The Bertz CT molecular complexity index is 905. The Morgan fingerprint density at radius 1 is 1.36 bits per heavy atom. The van der Waals surface area contributed by atoms with Crippen LogP contribution in [-0.4, -0.2) is 10.9 Å². The lowest BCUT2D eigenvalue weighted by Crippen LogP contribution is -2.43. The third-order valence-electron chi connectivity index (χ3n) is 4.01. The van der Waals surface area contributed by atoms with Crippen molar-refractivity contribution in [2.24, 2.45) is 5.73 Å². The van der Waals surface area contributed by atoms with Gasteiger partial charge in [0.2, 0.25) is 11.8 Å². The van der Waals surface area contributed by atoms with Crippen LogP contribution in [0.4, 0.5) is 11.6 Å². The lowest BCUT2D eigenvalue weighted by molar-refractivity contribution is -0.118. The molecule has 1 atom stereocenters. The molecule has 0 unspecified atom stereocenters. The van der Waals surface area contributed by atoms with Crippen molar-refractivity contribution in [1.29, 1.82) is 5.26 Å². The number of rotatable bonds is 0. The minimum Gasteiger partial charge on any atom is -0.425 e. The summed E-state index contributed by atoms with van der Waals surface area (Å²) in [6, 6.07) is 9.24. The number of aryl methyl sites for hydroxylation is 1. The topological polar surface area (TPSA) is 117 Å². The van der Waals surface area contributed by atoms with Crippen molar-refractivity contribution >= 4 is 17.5 Å². The van der Waals surface area contributed by atoms with Crippen molar-refractivity contribution < 1.29 is 9.21 Å². The van der Waals surface area contributed by atoms with Crippen LogP contribution in [0.1, 0.15) is 17.1 Å². The summed E-state index contributed by atoms with van der Waals surface area (Å²) in [5.41, 5.74) is 6.37. The molecule has 4 N–H and O–H groups in total. The van der Waals surface area contributed by atoms with E-state index in [0.717, 1.165) is 0 Å². The number of nitrogens with two attached hydrogens (primary N) is 1. The van der Waals surface area contributed by atoms with Crippen LogP contribution in [0.15, 0.2) is 40.1 Å². The van der Waals surface area contributed by atoms with Crippen molar-refractivity contribution in [1.82, 2.24) is 4.98 Å². The van der Waals surface area contributed by atoms with Gasteiger partial charge < -0.3 is 20.8 Å². The molecule has 0 radical (unpaired) electrons. The number of nitrogens with one attached hydrogen (secondary N) is 2. The molecule has 7 heteroatoms. The SMILES string of the molecule is Cc1nc2c(o1)NC(N)=C(C#N)[C@@]21C(=O)Nc2ccccc21. The number of hydrogen-bond donors (Lipinski definition) is 3. The largest absolute Gasteiger partial charge is 0.425 e. The summed E-state index contributed by atoms with van der Waals surface area (Å²) in [5, 5.41) is 15.2. The van der Waals surface area contributed by atoms with Gasteiger partial charge in [0.1, 0.15) is 17.6 Å². The Morgan fingerprint density at radius 3 is 2.91 bits per heavy atom. The second kappa shape index (κ2) is 3.89.